The SMILES string of the molecule is Cc1ccc(C2=c3ccc([nH]3)=C(c3ccc(C)cc3)c3ccc([nH]3)C(c3ccc(CO)cc3)=c3ccc([nH]3)=C(c3ccc(C)cc3)c3ccc2[nH]3)cc1. The first-order chi connectivity index (χ1) is 25.9. The summed E-state index contributed by atoms with van der Waals surface area (Å²) in [6.45, 7) is 6.37. The molecule has 0 spiro atoms. The monoisotopic (exact) mass is 688 g/mol. The van der Waals surface area contributed by atoms with Gasteiger partial charge in [-0.3, -0.25) is 0 Å². The number of benzene rings is 4. The van der Waals surface area contributed by atoms with Crippen LogP contribution >= 0.6 is 0 Å². The van der Waals surface area contributed by atoms with Crippen molar-refractivity contribution in [2.24, 2.45) is 0 Å². The number of aliphatic hydroxyl groups excluding tert-OH is 1. The Kier molecular flexibility index (Phi) is 8.06. The Labute approximate surface area is 308 Å². The molecule has 9 rings (SSSR count). The predicted octanol–water partition coefficient (Wildman–Crippen LogP) is 6.72. The topological polar surface area (TPSA) is 83.4 Å². The van der Waals surface area contributed by atoms with Crippen molar-refractivity contribution in [3.05, 3.63) is 234 Å². The van der Waals surface area contributed by atoms with Gasteiger partial charge in [0, 0.05) is 66.5 Å². The number of aliphatic hydroxyl groups is 1. The molecule has 53 heavy (non-hydrogen) atoms. The highest BCUT2D eigenvalue weighted by molar-refractivity contribution is 5.84. The van der Waals surface area contributed by atoms with Crippen molar-refractivity contribution < 1.29 is 5.11 Å². The minimum absolute atomic E-state index is 0.00200. The molecule has 0 fully saturated rings. The first-order valence-corrected chi connectivity index (χ1v) is 18.1. The summed E-state index contributed by atoms with van der Waals surface area (Å²) in [4.78, 5) is 15.4. The average molecular weight is 689 g/mol. The maximum atomic E-state index is 9.84. The highest BCUT2D eigenvalue weighted by Crippen LogP contribution is 2.28. The highest BCUT2D eigenvalue weighted by Gasteiger charge is 2.18. The number of nitrogens with one attached hydrogen (secondary N) is 4. The fourth-order valence-electron chi connectivity index (χ4n) is 7.51. The molecule has 1 aliphatic heterocycles. The van der Waals surface area contributed by atoms with E-state index in [2.05, 4.69) is 174 Å². The zero-order chi connectivity index (χ0) is 36.1. The van der Waals surface area contributed by atoms with Crippen molar-refractivity contribution in [2.75, 3.05) is 0 Å². The summed E-state index contributed by atoms with van der Waals surface area (Å²) in [6, 6.07) is 51.9. The van der Waals surface area contributed by atoms with E-state index in [4.69, 9.17) is 0 Å². The molecule has 0 saturated heterocycles. The van der Waals surface area contributed by atoms with Crippen LogP contribution in [0.3, 0.4) is 0 Å². The number of aromatic amines is 4. The van der Waals surface area contributed by atoms with E-state index in [1.807, 2.05) is 12.1 Å². The summed E-state index contributed by atoms with van der Waals surface area (Å²) in [5.74, 6) is 0. The van der Waals surface area contributed by atoms with Gasteiger partial charge in [-0.15, -0.1) is 0 Å². The lowest BCUT2D eigenvalue weighted by molar-refractivity contribution is 0.282. The molecule has 0 radical (unpaired) electrons. The zero-order valence-electron chi connectivity index (χ0n) is 30.0. The molecular weight excluding hydrogens is 649 g/mol. The molecule has 0 saturated carbocycles. The predicted molar refractivity (Wildman–Crippen MR) is 214 cm³/mol. The van der Waals surface area contributed by atoms with Crippen molar-refractivity contribution in [2.45, 2.75) is 27.4 Å². The molecule has 8 aromatic rings. The van der Waals surface area contributed by atoms with Crippen molar-refractivity contribution in [3.8, 4) is 0 Å². The smallest absolute Gasteiger partial charge is 0.0681 e. The lowest BCUT2D eigenvalue weighted by atomic mass is 10.0. The number of rotatable bonds is 5. The Bertz CT molecular complexity index is 2860. The average Bonchev–Trinajstić information content (AvgIpc) is 4.02. The summed E-state index contributed by atoms with van der Waals surface area (Å²) in [7, 11) is 0. The van der Waals surface area contributed by atoms with Crippen molar-refractivity contribution >= 4 is 22.3 Å². The summed E-state index contributed by atoms with van der Waals surface area (Å²) >= 11 is 0. The van der Waals surface area contributed by atoms with Crippen molar-refractivity contribution in [1.29, 1.82) is 0 Å². The van der Waals surface area contributed by atoms with Crippen LogP contribution in [0.1, 0.15) is 67.3 Å². The molecule has 1 aliphatic rings. The minimum atomic E-state index is -0.00200. The van der Waals surface area contributed by atoms with Gasteiger partial charge >= 0.3 is 0 Å². The lowest BCUT2D eigenvalue weighted by Crippen LogP contribution is -2.19. The number of hydrogen-bond acceptors (Lipinski definition) is 1. The Morgan fingerprint density at radius 2 is 0.585 bits per heavy atom. The number of H-pyrrole nitrogens is 4. The largest absolute Gasteiger partial charge is 0.392 e. The van der Waals surface area contributed by atoms with Gasteiger partial charge in [0.1, 0.15) is 0 Å². The Morgan fingerprint density at radius 3 is 0.849 bits per heavy atom. The number of fused-ring (bicyclic) bond motifs is 8. The van der Waals surface area contributed by atoms with E-state index in [-0.39, 0.29) is 6.61 Å². The molecule has 5 heterocycles. The molecule has 258 valence electrons. The van der Waals surface area contributed by atoms with Crippen LogP contribution in [0, 0.1) is 20.8 Å². The fraction of sp³-hybridized carbons (Fsp3) is 0.0833. The van der Waals surface area contributed by atoms with E-state index in [0.717, 1.165) is 94.3 Å². The normalized spacial score (nSPS) is 12.8. The van der Waals surface area contributed by atoms with Crippen LogP contribution < -0.4 is 21.4 Å². The molecule has 4 aromatic heterocycles. The third-order valence-corrected chi connectivity index (χ3v) is 10.3. The second kappa shape index (κ2) is 13.2. The number of hydrogen-bond donors (Lipinski definition) is 5. The van der Waals surface area contributed by atoms with Crippen molar-refractivity contribution in [3.63, 3.8) is 0 Å². The zero-order valence-corrected chi connectivity index (χ0v) is 30.0. The summed E-state index contributed by atoms with van der Waals surface area (Å²) < 4.78 is 0. The van der Waals surface area contributed by atoms with Gasteiger partial charge in [-0.05, 0) is 97.1 Å². The first kappa shape index (κ1) is 32.4. The molecule has 0 amide bonds. The van der Waals surface area contributed by atoms with Crippen LogP contribution in [0.2, 0.25) is 0 Å². The van der Waals surface area contributed by atoms with E-state index >= 15 is 0 Å². The third kappa shape index (κ3) is 6.01. The molecule has 0 aliphatic carbocycles. The van der Waals surface area contributed by atoms with E-state index in [9.17, 15) is 5.11 Å². The van der Waals surface area contributed by atoms with Crippen LogP contribution in [0.15, 0.2) is 146 Å². The van der Waals surface area contributed by atoms with Gasteiger partial charge in [0.05, 0.1) is 6.61 Å². The molecule has 5 heteroatoms. The van der Waals surface area contributed by atoms with Gasteiger partial charge in [-0.1, -0.05) is 114 Å². The second-order valence-corrected chi connectivity index (χ2v) is 14.1. The molecule has 4 aromatic carbocycles. The highest BCUT2D eigenvalue weighted by atomic mass is 16.3. The van der Waals surface area contributed by atoms with Crippen LogP contribution in [0.5, 0.6) is 0 Å². The van der Waals surface area contributed by atoms with E-state index < -0.39 is 0 Å². The summed E-state index contributed by atoms with van der Waals surface area (Å²) in [6.07, 6.45) is 0. The van der Waals surface area contributed by atoms with Gasteiger partial charge in [-0.25, -0.2) is 0 Å². The van der Waals surface area contributed by atoms with E-state index in [0.29, 0.717) is 0 Å². The Balaban J connectivity index is 1.42. The summed E-state index contributed by atoms with van der Waals surface area (Å²) in [5.41, 5.74) is 17.3. The third-order valence-electron chi connectivity index (χ3n) is 10.3. The van der Waals surface area contributed by atoms with Crippen LogP contribution in [0.4, 0.5) is 0 Å². The Hall–Kier alpha value is -6.56. The minimum Gasteiger partial charge on any atom is -0.392 e. The molecule has 0 atom stereocenters. The fourth-order valence-corrected chi connectivity index (χ4v) is 7.51. The number of aryl methyl sites for hydroxylation is 3. The van der Waals surface area contributed by atoms with Gasteiger partial charge in [0.25, 0.3) is 0 Å². The van der Waals surface area contributed by atoms with Gasteiger partial charge in [-0.2, -0.15) is 0 Å². The number of aromatic nitrogens is 4. The van der Waals surface area contributed by atoms with E-state index in [1.54, 1.807) is 0 Å². The molecule has 0 unspecified atom stereocenters. The summed E-state index contributed by atoms with van der Waals surface area (Å²) in [5, 5.41) is 13.9. The Morgan fingerprint density at radius 1 is 0.321 bits per heavy atom. The molecule has 5 N–H and O–H groups in total. The first-order valence-electron chi connectivity index (χ1n) is 18.1. The van der Waals surface area contributed by atoms with Gasteiger partial charge in [0.15, 0.2) is 0 Å². The van der Waals surface area contributed by atoms with Crippen LogP contribution in [0.25, 0.3) is 22.3 Å². The van der Waals surface area contributed by atoms with Gasteiger partial charge < -0.3 is 25.0 Å². The van der Waals surface area contributed by atoms with E-state index in [1.165, 1.54) is 16.7 Å². The van der Waals surface area contributed by atoms with Gasteiger partial charge in [0.2, 0.25) is 0 Å². The maximum Gasteiger partial charge on any atom is 0.0681 e. The lowest BCUT2D eigenvalue weighted by Gasteiger charge is -2.10. The standard InChI is InChI=1S/C48H40N4O/c1-29-4-12-33(13-5-29)45-37-20-22-39(49-37)46(34-14-6-30(2)7-15-34)41-24-26-43(51-41)48(36-18-10-32(28-53)11-19-36)44-27-25-42(52-44)47(40-23-21-38(45)50-40)35-16-8-31(3)9-17-35/h4-27,49-53H,28H2,1-3H3. The van der Waals surface area contributed by atoms with Crippen LogP contribution in [-0.2, 0) is 6.61 Å². The quantitative estimate of drug-likeness (QED) is 0.137. The molecule has 8 bridgehead atoms. The van der Waals surface area contributed by atoms with Crippen molar-refractivity contribution in [1.82, 2.24) is 19.9 Å². The second-order valence-electron chi connectivity index (χ2n) is 14.1. The maximum absolute atomic E-state index is 9.84. The molecule has 5 nitrogen and oxygen atoms in total. The molecular formula is C48H40N4O. The van der Waals surface area contributed by atoms with Crippen LogP contribution in [-0.4, -0.2) is 25.0 Å².